The summed E-state index contributed by atoms with van der Waals surface area (Å²) in [5, 5.41) is 14.6. The first-order valence-electron chi connectivity index (χ1n) is 9.00. The number of benzene rings is 3. The predicted octanol–water partition coefficient (Wildman–Crippen LogP) is 4.65. The highest BCUT2D eigenvalue weighted by atomic mass is 79.9. The van der Waals surface area contributed by atoms with Gasteiger partial charge in [0.2, 0.25) is 0 Å². The fourth-order valence-electron chi connectivity index (χ4n) is 2.63. The zero-order valence-corrected chi connectivity index (χ0v) is 17.8. The Hall–Kier alpha value is -3.85. The Morgan fingerprint density at radius 2 is 1.81 bits per heavy atom. The summed E-state index contributed by atoms with van der Waals surface area (Å²) in [6.45, 7) is 1.81. The predicted molar refractivity (Wildman–Crippen MR) is 118 cm³/mol. The molecule has 0 heterocycles. The number of non-ortho nitro benzene ring substituents is 1. The molecule has 0 saturated carbocycles. The van der Waals surface area contributed by atoms with Crippen LogP contribution in [-0.4, -0.2) is 23.0 Å². The summed E-state index contributed by atoms with van der Waals surface area (Å²) in [5.41, 5.74) is 4.13. The molecular weight excluding hydrogens is 466 g/mol. The van der Waals surface area contributed by atoms with Crippen LogP contribution in [0.1, 0.15) is 31.8 Å². The van der Waals surface area contributed by atoms with Gasteiger partial charge in [-0.25, -0.2) is 10.2 Å². The number of carbonyl (C=O) groups excluding carboxylic acids is 2. The van der Waals surface area contributed by atoms with Gasteiger partial charge in [0.25, 0.3) is 11.6 Å². The first kappa shape index (κ1) is 21.8. The summed E-state index contributed by atoms with van der Waals surface area (Å²) >= 11 is 3.35. The first-order valence-corrected chi connectivity index (χ1v) is 9.79. The van der Waals surface area contributed by atoms with Crippen LogP contribution in [-0.2, 0) is 0 Å². The maximum absolute atomic E-state index is 12.5. The highest BCUT2D eigenvalue weighted by molar-refractivity contribution is 9.10. The maximum Gasteiger partial charge on any atom is 0.343 e. The van der Waals surface area contributed by atoms with E-state index in [1.807, 2.05) is 19.1 Å². The summed E-state index contributed by atoms with van der Waals surface area (Å²) in [7, 11) is 0. The van der Waals surface area contributed by atoms with E-state index in [0.29, 0.717) is 11.1 Å². The van der Waals surface area contributed by atoms with Crippen molar-refractivity contribution in [3.05, 3.63) is 104 Å². The minimum atomic E-state index is -0.549. The second kappa shape index (κ2) is 9.77. The van der Waals surface area contributed by atoms with Gasteiger partial charge in [0, 0.05) is 27.7 Å². The van der Waals surface area contributed by atoms with E-state index in [0.717, 1.165) is 10.0 Å². The molecule has 8 nitrogen and oxygen atoms in total. The lowest BCUT2D eigenvalue weighted by atomic mass is 10.1. The molecule has 3 aromatic rings. The lowest BCUT2D eigenvalue weighted by molar-refractivity contribution is -0.384. The minimum Gasteiger partial charge on any atom is -0.422 e. The third kappa shape index (κ3) is 5.61. The molecule has 1 N–H and O–H groups in total. The summed E-state index contributed by atoms with van der Waals surface area (Å²) in [6, 6.07) is 17.2. The van der Waals surface area contributed by atoms with Gasteiger partial charge in [0.05, 0.1) is 16.7 Å². The molecule has 0 unspecified atom stereocenters. The van der Waals surface area contributed by atoms with Crippen molar-refractivity contribution in [1.29, 1.82) is 0 Å². The number of nitrogens with one attached hydrogen (secondary N) is 1. The summed E-state index contributed by atoms with van der Waals surface area (Å²) in [6.07, 6.45) is 1.34. The third-order valence-corrected chi connectivity index (χ3v) is 4.74. The van der Waals surface area contributed by atoms with Gasteiger partial charge < -0.3 is 4.74 Å². The zero-order valence-electron chi connectivity index (χ0n) is 16.2. The lowest BCUT2D eigenvalue weighted by Crippen LogP contribution is -2.17. The number of aryl methyl sites for hydroxylation is 1. The Balaban J connectivity index is 1.73. The fourth-order valence-corrected chi connectivity index (χ4v) is 3.01. The number of nitrogens with zero attached hydrogens (tertiary/aromatic N) is 2. The lowest BCUT2D eigenvalue weighted by Gasteiger charge is -2.09. The van der Waals surface area contributed by atoms with Crippen molar-refractivity contribution < 1.29 is 19.2 Å². The normalized spacial score (nSPS) is 10.6. The topological polar surface area (TPSA) is 111 Å². The van der Waals surface area contributed by atoms with Gasteiger partial charge in [0.1, 0.15) is 5.75 Å². The van der Waals surface area contributed by atoms with E-state index in [1.165, 1.54) is 30.5 Å². The number of hydrogen-bond donors (Lipinski definition) is 1. The van der Waals surface area contributed by atoms with Crippen molar-refractivity contribution in [2.24, 2.45) is 5.10 Å². The van der Waals surface area contributed by atoms with E-state index in [-0.39, 0.29) is 17.0 Å². The molecule has 9 heteroatoms. The first-order chi connectivity index (χ1) is 14.8. The van der Waals surface area contributed by atoms with E-state index >= 15 is 0 Å². The van der Waals surface area contributed by atoms with Crippen LogP contribution in [0, 0.1) is 17.0 Å². The maximum atomic E-state index is 12.5. The Kier molecular flexibility index (Phi) is 6.88. The van der Waals surface area contributed by atoms with E-state index < -0.39 is 16.8 Å². The number of esters is 1. The molecule has 0 saturated heterocycles. The molecule has 0 aliphatic heterocycles. The van der Waals surface area contributed by atoms with E-state index in [1.54, 1.807) is 30.3 Å². The summed E-state index contributed by atoms with van der Waals surface area (Å²) in [4.78, 5) is 34.8. The van der Waals surface area contributed by atoms with Crippen molar-refractivity contribution in [1.82, 2.24) is 5.43 Å². The van der Waals surface area contributed by atoms with Gasteiger partial charge in [-0.2, -0.15) is 5.10 Å². The van der Waals surface area contributed by atoms with Crippen LogP contribution in [0.4, 0.5) is 5.69 Å². The number of nitro benzene ring substituents is 1. The van der Waals surface area contributed by atoms with Crippen molar-refractivity contribution in [3.8, 4) is 5.75 Å². The van der Waals surface area contributed by atoms with Crippen LogP contribution in [0.25, 0.3) is 0 Å². The highest BCUT2D eigenvalue weighted by Crippen LogP contribution is 2.23. The Morgan fingerprint density at radius 1 is 1.10 bits per heavy atom. The summed E-state index contributed by atoms with van der Waals surface area (Å²) < 4.78 is 6.25. The number of carbonyl (C=O) groups is 2. The Bertz CT molecular complexity index is 1180. The quantitative estimate of drug-likeness (QED) is 0.181. The molecule has 0 aromatic heterocycles. The SMILES string of the molecule is Cc1ccccc1C(=O)Oc1ccc(Br)cc1/C=N\NC(=O)c1ccc([N+](=O)[O-])cc1. The second-order valence-electron chi connectivity index (χ2n) is 6.39. The molecule has 1 amide bonds. The average Bonchev–Trinajstić information content (AvgIpc) is 2.75. The zero-order chi connectivity index (χ0) is 22.4. The third-order valence-electron chi connectivity index (χ3n) is 4.25. The van der Waals surface area contributed by atoms with Crippen LogP contribution in [0.3, 0.4) is 0 Å². The number of hydrogen-bond acceptors (Lipinski definition) is 6. The molecular formula is C22H16BrN3O5. The number of amides is 1. The molecule has 156 valence electrons. The standard InChI is InChI=1S/C22H16BrN3O5/c1-14-4-2-3-5-19(14)22(28)31-20-11-8-17(23)12-16(20)13-24-25-21(27)15-6-9-18(10-7-15)26(29)30/h2-13H,1H3,(H,25,27)/b24-13-. The number of halogens is 1. The minimum absolute atomic E-state index is 0.116. The molecule has 0 fully saturated rings. The molecule has 0 aliphatic carbocycles. The fraction of sp³-hybridized carbons (Fsp3) is 0.0455. The molecule has 3 aromatic carbocycles. The van der Waals surface area contributed by atoms with Crippen molar-refractivity contribution >= 4 is 39.7 Å². The van der Waals surface area contributed by atoms with Crippen LogP contribution in [0.5, 0.6) is 5.75 Å². The van der Waals surface area contributed by atoms with Gasteiger partial charge >= 0.3 is 5.97 Å². The molecule has 0 radical (unpaired) electrons. The Labute approximate surface area is 185 Å². The van der Waals surface area contributed by atoms with Gasteiger partial charge in [-0.3, -0.25) is 14.9 Å². The average molecular weight is 482 g/mol. The molecule has 0 spiro atoms. The largest absolute Gasteiger partial charge is 0.422 e. The number of nitro groups is 1. The number of hydrazone groups is 1. The highest BCUT2D eigenvalue weighted by Gasteiger charge is 2.14. The van der Waals surface area contributed by atoms with Crippen molar-refractivity contribution in [2.75, 3.05) is 0 Å². The van der Waals surface area contributed by atoms with Gasteiger partial charge in [0.15, 0.2) is 0 Å². The van der Waals surface area contributed by atoms with E-state index in [9.17, 15) is 19.7 Å². The summed E-state index contributed by atoms with van der Waals surface area (Å²) in [5.74, 6) is -0.783. The number of rotatable bonds is 6. The molecule has 0 atom stereocenters. The van der Waals surface area contributed by atoms with Crippen LogP contribution < -0.4 is 10.2 Å². The Morgan fingerprint density at radius 3 is 2.48 bits per heavy atom. The monoisotopic (exact) mass is 481 g/mol. The van der Waals surface area contributed by atoms with Gasteiger partial charge in [-0.05, 0) is 48.9 Å². The van der Waals surface area contributed by atoms with Crippen molar-refractivity contribution in [2.45, 2.75) is 6.92 Å². The molecule has 3 rings (SSSR count). The second-order valence-corrected chi connectivity index (χ2v) is 7.31. The van der Waals surface area contributed by atoms with Gasteiger partial charge in [-0.1, -0.05) is 34.1 Å². The van der Waals surface area contributed by atoms with E-state index in [2.05, 4.69) is 26.5 Å². The van der Waals surface area contributed by atoms with E-state index in [4.69, 9.17) is 4.74 Å². The molecule has 0 bridgehead atoms. The van der Waals surface area contributed by atoms with Crippen molar-refractivity contribution in [3.63, 3.8) is 0 Å². The number of ether oxygens (including phenoxy) is 1. The van der Waals surface area contributed by atoms with Crippen LogP contribution in [0.2, 0.25) is 0 Å². The van der Waals surface area contributed by atoms with Crippen LogP contribution in [0.15, 0.2) is 76.3 Å². The van der Waals surface area contributed by atoms with Gasteiger partial charge in [-0.15, -0.1) is 0 Å². The molecule has 0 aliphatic rings. The smallest absolute Gasteiger partial charge is 0.343 e. The van der Waals surface area contributed by atoms with Crippen LogP contribution >= 0.6 is 15.9 Å². The molecule has 31 heavy (non-hydrogen) atoms.